The average molecular weight is 376 g/mol. The van der Waals surface area contributed by atoms with Gasteiger partial charge in [0.05, 0.1) is 11.9 Å². The van der Waals surface area contributed by atoms with Crippen molar-refractivity contribution in [2.75, 3.05) is 22.7 Å². The average Bonchev–Trinajstić information content (AvgIpc) is 3.06. The summed E-state index contributed by atoms with van der Waals surface area (Å²) in [6.45, 7) is 1.91. The highest BCUT2D eigenvalue weighted by Crippen LogP contribution is 2.34. The lowest BCUT2D eigenvalue weighted by Crippen LogP contribution is -2.46. The molecule has 2 aromatic carbocycles. The number of anilines is 2. The molecule has 8 heteroatoms. The van der Waals surface area contributed by atoms with Gasteiger partial charge in [0, 0.05) is 11.8 Å². The SMILES string of the molecule is CC[C@@H](C(=O)Nc1ccc2c(c1)OCO2)N(c1ccccc1)S(C)(=O)=O. The highest BCUT2D eigenvalue weighted by atomic mass is 32.2. The molecule has 1 atom stereocenters. The smallest absolute Gasteiger partial charge is 0.248 e. The van der Waals surface area contributed by atoms with E-state index >= 15 is 0 Å². The standard InChI is InChI=1S/C18H20N2O5S/c1-3-15(20(26(2,22)23)14-7-5-4-6-8-14)18(21)19-13-9-10-16-17(11-13)25-12-24-16/h4-11,15H,3,12H2,1-2H3,(H,19,21)/t15-/m0/s1. The Bertz CT molecular complexity index is 899. The third-order valence-electron chi connectivity index (χ3n) is 3.98. The summed E-state index contributed by atoms with van der Waals surface area (Å²) in [5, 5.41) is 2.76. The maximum atomic E-state index is 12.8. The van der Waals surface area contributed by atoms with Crippen LogP contribution in [-0.4, -0.2) is 33.4 Å². The number of hydrogen-bond donors (Lipinski definition) is 1. The van der Waals surface area contributed by atoms with Crippen LogP contribution in [0.2, 0.25) is 0 Å². The third kappa shape index (κ3) is 3.75. The van der Waals surface area contributed by atoms with Gasteiger partial charge < -0.3 is 14.8 Å². The first kappa shape index (κ1) is 18.1. The molecule has 1 N–H and O–H groups in total. The molecule has 0 unspecified atom stereocenters. The molecule has 1 heterocycles. The molecule has 0 aliphatic carbocycles. The summed E-state index contributed by atoms with van der Waals surface area (Å²) in [4.78, 5) is 12.8. The Balaban J connectivity index is 1.87. The van der Waals surface area contributed by atoms with Gasteiger partial charge in [-0.2, -0.15) is 0 Å². The Kier molecular flexibility index (Phi) is 5.03. The van der Waals surface area contributed by atoms with E-state index in [4.69, 9.17) is 9.47 Å². The van der Waals surface area contributed by atoms with Gasteiger partial charge in [-0.05, 0) is 30.7 Å². The topological polar surface area (TPSA) is 84.9 Å². The molecule has 0 aromatic heterocycles. The Morgan fingerprint density at radius 2 is 1.85 bits per heavy atom. The number of rotatable bonds is 6. The van der Waals surface area contributed by atoms with Crippen LogP contribution in [0.15, 0.2) is 48.5 Å². The van der Waals surface area contributed by atoms with Crippen LogP contribution >= 0.6 is 0 Å². The summed E-state index contributed by atoms with van der Waals surface area (Å²) >= 11 is 0. The van der Waals surface area contributed by atoms with Gasteiger partial charge >= 0.3 is 0 Å². The van der Waals surface area contributed by atoms with Crippen LogP contribution in [0.1, 0.15) is 13.3 Å². The van der Waals surface area contributed by atoms with E-state index in [2.05, 4.69) is 5.32 Å². The quantitative estimate of drug-likeness (QED) is 0.838. The van der Waals surface area contributed by atoms with Crippen LogP contribution in [-0.2, 0) is 14.8 Å². The van der Waals surface area contributed by atoms with Gasteiger partial charge in [0.2, 0.25) is 22.7 Å². The number of sulfonamides is 1. The number of benzene rings is 2. The van der Waals surface area contributed by atoms with E-state index in [1.807, 2.05) is 0 Å². The predicted molar refractivity (Wildman–Crippen MR) is 99.0 cm³/mol. The predicted octanol–water partition coefficient (Wildman–Crippen LogP) is 2.60. The van der Waals surface area contributed by atoms with Crippen molar-refractivity contribution in [2.24, 2.45) is 0 Å². The van der Waals surface area contributed by atoms with Gasteiger partial charge in [0.1, 0.15) is 6.04 Å². The van der Waals surface area contributed by atoms with Crippen LogP contribution in [0, 0.1) is 0 Å². The number of nitrogens with one attached hydrogen (secondary N) is 1. The number of amides is 1. The lowest BCUT2D eigenvalue weighted by atomic mass is 10.1. The molecule has 1 aliphatic heterocycles. The Hall–Kier alpha value is -2.74. The number of carbonyl (C=O) groups excluding carboxylic acids is 1. The van der Waals surface area contributed by atoms with E-state index in [1.54, 1.807) is 55.5 Å². The molecule has 7 nitrogen and oxygen atoms in total. The zero-order valence-electron chi connectivity index (χ0n) is 14.5. The minimum absolute atomic E-state index is 0.139. The van der Waals surface area contributed by atoms with Crippen molar-refractivity contribution in [1.82, 2.24) is 0 Å². The van der Waals surface area contributed by atoms with Crippen LogP contribution in [0.4, 0.5) is 11.4 Å². The first-order chi connectivity index (χ1) is 12.4. The van der Waals surface area contributed by atoms with E-state index in [0.29, 0.717) is 29.3 Å². The largest absolute Gasteiger partial charge is 0.454 e. The molecule has 1 aliphatic rings. The van der Waals surface area contributed by atoms with Gasteiger partial charge in [0.15, 0.2) is 11.5 Å². The number of ether oxygens (including phenoxy) is 2. The number of fused-ring (bicyclic) bond motifs is 1. The molecular formula is C18H20N2O5S. The lowest BCUT2D eigenvalue weighted by Gasteiger charge is -2.30. The molecule has 26 heavy (non-hydrogen) atoms. The molecule has 0 bridgehead atoms. The molecule has 0 radical (unpaired) electrons. The Morgan fingerprint density at radius 3 is 2.50 bits per heavy atom. The zero-order chi connectivity index (χ0) is 18.7. The first-order valence-corrected chi connectivity index (χ1v) is 10.00. The molecule has 2 aromatic rings. The summed E-state index contributed by atoms with van der Waals surface area (Å²) in [5.74, 6) is 0.733. The molecule has 0 spiro atoms. The second kappa shape index (κ2) is 7.25. The second-order valence-corrected chi connectivity index (χ2v) is 7.74. The van der Waals surface area contributed by atoms with Crippen molar-refractivity contribution in [1.29, 1.82) is 0 Å². The number of hydrogen-bond acceptors (Lipinski definition) is 5. The van der Waals surface area contributed by atoms with E-state index in [0.717, 1.165) is 10.6 Å². The normalized spacial score (nSPS) is 13.9. The van der Waals surface area contributed by atoms with Gasteiger partial charge in [-0.1, -0.05) is 25.1 Å². The molecule has 0 saturated carbocycles. The van der Waals surface area contributed by atoms with Crippen molar-refractivity contribution in [2.45, 2.75) is 19.4 Å². The van der Waals surface area contributed by atoms with E-state index in [-0.39, 0.29) is 6.79 Å². The summed E-state index contributed by atoms with van der Waals surface area (Å²) < 4.78 is 36.4. The fourth-order valence-electron chi connectivity index (χ4n) is 2.84. The van der Waals surface area contributed by atoms with Crippen molar-refractivity contribution < 1.29 is 22.7 Å². The van der Waals surface area contributed by atoms with Crippen LogP contribution in [0.25, 0.3) is 0 Å². The lowest BCUT2D eigenvalue weighted by molar-refractivity contribution is -0.117. The molecule has 138 valence electrons. The summed E-state index contributed by atoms with van der Waals surface area (Å²) in [7, 11) is -3.65. The first-order valence-electron chi connectivity index (χ1n) is 8.15. The number of nitrogens with zero attached hydrogens (tertiary/aromatic N) is 1. The van der Waals surface area contributed by atoms with Crippen molar-refractivity contribution in [3.63, 3.8) is 0 Å². The number of para-hydroxylation sites is 1. The van der Waals surface area contributed by atoms with E-state index in [9.17, 15) is 13.2 Å². The molecule has 1 amide bonds. The molecule has 3 rings (SSSR count). The van der Waals surface area contributed by atoms with Gasteiger partial charge in [0.25, 0.3) is 0 Å². The highest BCUT2D eigenvalue weighted by molar-refractivity contribution is 7.92. The summed E-state index contributed by atoms with van der Waals surface area (Å²) in [5.41, 5.74) is 0.960. The second-order valence-electron chi connectivity index (χ2n) is 5.88. The maximum absolute atomic E-state index is 12.8. The fraction of sp³-hybridized carbons (Fsp3) is 0.278. The van der Waals surface area contributed by atoms with Crippen molar-refractivity contribution in [3.8, 4) is 11.5 Å². The highest BCUT2D eigenvalue weighted by Gasteiger charge is 2.31. The summed E-state index contributed by atoms with van der Waals surface area (Å²) in [6, 6.07) is 12.7. The Labute approximate surface area is 152 Å². The van der Waals surface area contributed by atoms with Crippen LogP contribution in [0.5, 0.6) is 11.5 Å². The zero-order valence-corrected chi connectivity index (χ0v) is 15.3. The van der Waals surface area contributed by atoms with Gasteiger partial charge in [-0.15, -0.1) is 0 Å². The Morgan fingerprint density at radius 1 is 1.15 bits per heavy atom. The third-order valence-corrected chi connectivity index (χ3v) is 5.16. The molecule has 0 fully saturated rings. The van der Waals surface area contributed by atoms with E-state index < -0.39 is 22.0 Å². The van der Waals surface area contributed by atoms with Crippen LogP contribution in [0.3, 0.4) is 0 Å². The van der Waals surface area contributed by atoms with Crippen molar-refractivity contribution >= 4 is 27.3 Å². The maximum Gasteiger partial charge on any atom is 0.248 e. The van der Waals surface area contributed by atoms with Gasteiger partial charge in [-0.3, -0.25) is 9.10 Å². The minimum Gasteiger partial charge on any atom is -0.454 e. The monoisotopic (exact) mass is 376 g/mol. The minimum atomic E-state index is -3.65. The number of carbonyl (C=O) groups is 1. The molecule has 0 saturated heterocycles. The van der Waals surface area contributed by atoms with Gasteiger partial charge in [-0.25, -0.2) is 8.42 Å². The summed E-state index contributed by atoms with van der Waals surface area (Å²) in [6.07, 6.45) is 1.41. The van der Waals surface area contributed by atoms with Crippen molar-refractivity contribution in [3.05, 3.63) is 48.5 Å². The molecular weight excluding hydrogens is 356 g/mol. The van der Waals surface area contributed by atoms with E-state index in [1.165, 1.54) is 0 Å². The van der Waals surface area contributed by atoms with Crippen LogP contribution < -0.4 is 19.1 Å². The fourth-order valence-corrected chi connectivity index (χ4v) is 4.05.